The Morgan fingerprint density at radius 1 is 1.19 bits per heavy atom. The van der Waals surface area contributed by atoms with E-state index < -0.39 is 11.0 Å². The number of esters is 1. The first kappa shape index (κ1) is 25.8. The summed E-state index contributed by atoms with van der Waals surface area (Å²) in [6.07, 6.45) is 4.08. The Morgan fingerprint density at radius 3 is 2.67 bits per heavy atom. The van der Waals surface area contributed by atoms with Gasteiger partial charge in [0.2, 0.25) is 0 Å². The highest BCUT2D eigenvalue weighted by molar-refractivity contribution is 5.68. The van der Waals surface area contributed by atoms with Gasteiger partial charge in [0.05, 0.1) is 0 Å². The summed E-state index contributed by atoms with van der Waals surface area (Å²) in [5.74, 6) is -0.154. The molecule has 2 aromatic carbocycles. The zero-order valence-corrected chi connectivity index (χ0v) is 21.2. The van der Waals surface area contributed by atoms with Crippen LogP contribution in [0.5, 0.6) is 5.75 Å². The van der Waals surface area contributed by atoms with Crippen molar-refractivity contribution in [1.82, 2.24) is 9.80 Å². The lowest BCUT2D eigenvalue weighted by atomic mass is 9.55. The van der Waals surface area contributed by atoms with Crippen LogP contribution in [0, 0.1) is 0 Å². The van der Waals surface area contributed by atoms with Gasteiger partial charge in [0, 0.05) is 38.5 Å². The zero-order chi connectivity index (χ0) is 25.8. The normalized spacial score (nSPS) is 25.9. The molecular formula is C29H36N2O5. The predicted octanol–water partition coefficient (Wildman–Crippen LogP) is 4.64. The van der Waals surface area contributed by atoms with E-state index >= 15 is 0 Å². The Morgan fingerprint density at radius 2 is 1.97 bits per heavy atom. The first-order chi connectivity index (χ1) is 17.3. The van der Waals surface area contributed by atoms with Gasteiger partial charge in [-0.15, -0.1) is 6.58 Å². The number of amides is 1. The molecule has 1 N–H and O–H groups in total. The third-order valence-electron chi connectivity index (χ3n) is 7.84. The molecule has 36 heavy (non-hydrogen) atoms. The van der Waals surface area contributed by atoms with E-state index in [1.165, 1.54) is 6.92 Å². The maximum atomic E-state index is 13.0. The molecule has 2 aliphatic rings. The average molecular weight is 493 g/mol. The SMILES string of the molecule is C=CCN1CC[C@@]2(c3cccc(O)c3)C[C@@H](N(C)C(=O)OCc3ccccc3)CC[C@]2(OC(C)=O)C1. The summed E-state index contributed by atoms with van der Waals surface area (Å²) in [6, 6.07) is 16.8. The van der Waals surface area contributed by atoms with E-state index in [9.17, 15) is 14.7 Å². The molecule has 1 saturated heterocycles. The van der Waals surface area contributed by atoms with E-state index in [1.807, 2.05) is 48.5 Å². The molecule has 1 heterocycles. The minimum absolute atomic E-state index is 0.106. The maximum absolute atomic E-state index is 13.0. The third-order valence-corrected chi connectivity index (χ3v) is 7.84. The van der Waals surface area contributed by atoms with Crippen LogP contribution in [0.2, 0.25) is 0 Å². The summed E-state index contributed by atoms with van der Waals surface area (Å²) in [4.78, 5) is 29.4. The minimum Gasteiger partial charge on any atom is -0.508 e. The molecule has 7 nitrogen and oxygen atoms in total. The Labute approximate surface area is 213 Å². The number of hydrogen-bond acceptors (Lipinski definition) is 6. The summed E-state index contributed by atoms with van der Waals surface area (Å²) < 4.78 is 11.8. The van der Waals surface area contributed by atoms with Crippen LogP contribution in [-0.2, 0) is 26.3 Å². The first-order valence-corrected chi connectivity index (χ1v) is 12.5. The number of rotatable bonds is 7. The molecule has 2 aromatic rings. The van der Waals surface area contributed by atoms with Crippen molar-refractivity contribution < 1.29 is 24.2 Å². The molecule has 0 bridgehead atoms. The molecule has 1 aliphatic carbocycles. The number of phenolic OH excluding ortho intramolecular Hbond substituents is 1. The molecule has 0 aromatic heterocycles. The molecule has 4 rings (SSSR count). The fourth-order valence-electron chi connectivity index (χ4n) is 6.10. The Hall–Kier alpha value is -3.32. The number of carbonyl (C=O) groups is 2. The van der Waals surface area contributed by atoms with Crippen molar-refractivity contribution in [2.45, 2.75) is 56.3 Å². The molecule has 7 heteroatoms. The van der Waals surface area contributed by atoms with Gasteiger partial charge in [0.15, 0.2) is 0 Å². The maximum Gasteiger partial charge on any atom is 0.410 e. The smallest absolute Gasteiger partial charge is 0.410 e. The summed E-state index contributed by atoms with van der Waals surface area (Å²) in [7, 11) is 1.78. The summed E-state index contributed by atoms with van der Waals surface area (Å²) >= 11 is 0. The number of phenols is 1. The average Bonchev–Trinajstić information content (AvgIpc) is 2.87. The lowest BCUT2D eigenvalue weighted by Crippen LogP contribution is -2.68. The molecule has 0 radical (unpaired) electrons. The molecule has 1 amide bonds. The van der Waals surface area contributed by atoms with Crippen LogP contribution >= 0.6 is 0 Å². The molecule has 0 spiro atoms. The monoisotopic (exact) mass is 492 g/mol. The van der Waals surface area contributed by atoms with Crippen LogP contribution in [0.3, 0.4) is 0 Å². The first-order valence-electron chi connectivity index (χ1n) is 12.5. The second-order valence-electron chi connectivity index (χ2n) is 10.0. The van der Waals surface area contributed by atoms with E-state index in [0.717, 1.165) is 24.1 Å². The van der Waals surface area contributed by atoms with Crippen LogP contribution in [-0.4, -0.2) is 65.3 Å². The van der Waals surface area contributed by atoms with Crippen molar-refractivity contribution in [2.24, 2.45) is 0 Å². The Kier molecular flexibility index (Phi) is 7.69. The summed E-state index contributed by atoms with van der Waals surface area (Å²) in [5.41, 5.74) is 0.519. The number of ether oxygens (including phenoxy) is 2. The van der Waals surface area contributed by atoms with Gasteiger partial charge in [-0.05, 0) is 55.5 Å². The highest BCUT2D eigenvalue weighted by Gasteiger charge is 2.61. The number of hydrogen-bond donors (Lipinski definition) is 1. The summed E-state index contributed by atoms with van der Waals surface area (Å²) in [6.45, 7) is 7.61. The largest absolute Gasteiger partial charge is 0.508 e. The van der Waals surface area contributed by atoms with Gasteiger partial charge in [-0.1, -0.05) is 48.5 Å². The van der Waals surface area contributed by atoms with E-state index in [2.05, 4.69) is 11.5 Å². The molecule has 1 saturated carbocycles. The minimum atomic E-state index is -0.779. The summed E-state index contributed by atoms with van der Waals surface area (Å²) in [5, 5.41) is 10.4. The van der Waals surface area contributed by atoms with Crippen molar-refractivity contribution >= 4 is 12.1 Å². The molecule has 2 fully saturated rings. The van der Waals surface area contributed by atoms with Gasteiger partial charge < -0.3 is 19.5 Å². The number of benzene rings is 2. The van der Waals surface area contributed by atoms with Gasteiger partial charge in [-0.2, -0.15) is 0 Å². The van der Waals surface area contributed by atoms with Gasteiger partial charge in [-0.25, -0.2) is 4.79 Å². The van der Waals surface area contributed by atoms with Crippen molar-refractivity contribution in [1.29, 1.82) is 0 Å². The van der Waals surface area contributed by atoms with Crippen molar-refractivity contribution in [3.05, 3.63) is 78.4 Å². The quantitative estimate of drug-likeness (QED) is 0.448. The standard InChI is InChI=1S/C29H36N2O5/c1-4-16-31-17-15-28(24-11-8-12-26(33)18-24)19-25(13-14-29(28,21-31)36-22(2)32)30(3)27(34)35-20-23-9-6-5-7-10-23/h4-12,18,25,33H,1,13-17,19-21H2,2-3H3/t25-,28-,29-/m0/s1. The van der Waals surface area contributed by atoms with Crippen molar-refractivity contribution in [2.75, 3.05) is 26.7 Å². The zero-order valence-electron chi connectivity index (χ0n) is 21.2. The van der Waals surface area contributed by atoms with Crippen LogP contribution < -0.4 is 0 Å². The molecular weight excluding hydrogens is 456 g/mol. The van der Waals surface area contributed by atoms with Crippen molar-refractivity contribution in [3.63, 3.8) is 0 Å². The number of fused-ring (bicyclic) bond motifs is 1. The lowest BCUT2D eigenvalue weighted by Gasteiger charge is -2.60. The fourth-order valence-corrected chi connectivity index (χ4v) is 6.10. The molecule has 1 aliphatic heterocycles. The third kappa shape index (κ3) is 5.12. The van der Waals surface area contributed by atoms with Gasteiger partial charge in [0.1, 0.15) is 18.0 Å². The predicted molar refractivity (Wildman–Crippen MR) is 138 cm³/mol. The second-order valence-corrected chi connectivity index (χ2v) is 10.0. The van der Waals surface area contributed by atoms with E-state index in [4.69, 9.17) is 9.47 Å². The number of aromatic hydroxyl groups is 1. The topological polar surface area (TPSA) is 79.3 Å². The number of likely N-dealkylation sites (tertiary alicyclic amines) is 1. The Bertz CT molecular complexity index is 1090. The van der Waals surface area contributed by atoms with E-state index in [0.29, 0.717) is 32.4 Å². The van der Waals surface area contributed by atoms with E-state index in [-0.39, 0.29) is 30.5 Å². The molecule has 3 atom stereocenters. The number of carbonyl (C=O) groups excluding carboxylic acids is 2. The van der Waals surface area contributed by atoms with Crippen molar-refractivity contribution in [3.8, 4) is 5.75 Å². The van der Waals surface area contributed by atoms with Gasteiger partial charge in [0.25, 0.3) is 0 Å². The highest BCUT2D eigenvalue weighted by Crippen LogP contribution is 2.54. The molecule has 0 unspecified atom stereocenters. The second kappa shape index (κ2) is 10.7. The number of nitrogens with zero attached hydrogens (tertiary/aromatic N) is 2. The lowest BCUT2D eigenvalue weighted by molar-refractivity contribution is -0.188. The Balaban J connectivity index is 1.64. The fraction of sp³-hybridized carbons (Fsp3) is 0.448. The van der Waals surface area contributed by atoms with E-state index in [1.54, 1.807) is 24.1 Å². The van der Waals surface area contributed by atoms with Crippen LogP contribution in [0.25, 0.3) is 0 Å². The van der Waals surface area contributed by atoms with Gasteiger partial charge >= 0.3 is 12.1 Å². The highest BCUT2D eigenvalue weighted by atomic mass is 16.6. The number of piperidine rings is 1. The molecule has 192 valence electrons. The van der Waals surface area contributed by atoms with Gasteiger partial charge in [-0.3, -0.25) is 9.69 Å². The van der Waals surface area contributed by atoms with Crippen LogP contribution in [0.1, 0.15) is 43.7 Å². The van der Waals surface area contributed by atoms with Crippen LogP contribution in [0.4, 0.5) is 4.79 Å². The van der Waals surface area contributed by atoms with Crippen LogP contribution in [0.15, 0.2) is 67.3 Å².